The van der Waals surface area contributed by atoms with Crippen LogP contribution in [0.1, 0.15) is 48.7 Å². The zero-order chi connectivity index (χ0) is 21.3. The lowest BCUT2D eigenvalue weighted by Gasteiger charge is -2.25. The molecule has 2 aliphatic heterocycles. The lowest BCUT2D eigenvalue weighted by Crippen LogP contribution is -2.32. The predicted octanol–water partition coefficient (Wildman–Crippen LogP) is 3.24. The second kappa shape index (κ2) is 8.18. The summed E-state index contributed by atoms with van der Waals surface area (Å²) in [6.45, 7) is 5.07. The lowest BCUT2D eigenvalue weighted by molar-refractivity contribution is -0.121. The van der Waals surface area contributed by atoms with E-state index >= 15 is 0 Å². The first kappa shape index (κ1) is 19.9. The van der Waals surface area contributed by atoms with Gasteiger partial charge in [0.05, 0.1) is 11.7 Å². The molecule has 30 heavy (non-hydrogen) atoms. The Bertz CT molecular complexity index is 985. The maximum absolute atomic E-state index is 13.0. The Labute approximate surface area is 175 Å². The molecule has 1 N–H and O–H groups in total. The Kier molecular flexibility index (Phi) is 5.44. The molecule has 2 aliphatic rings. The summed E-state index contributed by atoms with van der Waals surface area (Å²) >= 11 is 0. The van der Waals surface area contributed by atoms with Crippen LogP contribution in [0.25, 0.3) is 0 Å². The van der Waals surface area contributed by atoms with Gasteiger partial charge in [-0.2, -0.15) is 0 Å². The fourth-order valence-electron chi connectivity index (χ4n) is 3.76. The highest BCUT2D eigenvalue weighted by molar-refractivity contribution is 6.20. The molecule has 7 heteroatoms. The van der Waals surface area contributed by atoms with Crippen LogP contribution < -0.4 is 19.7 Å². The largest absolute Gasteiger partial charge is 0.486 e. The molecular formula is C23H24N2O5. The Hall–Kier alpha value is -3.35. The van der Waals surface area contributed by atoms with Gasteiger partial charge < -0.3 is 14.8 Å². The van der Waals surface area contributed by atoms with Crippen LogP contribution in [-0.4, -0.2) is 30.9 Å². The van der Waals surface area contributed by atoms with E-state index in [9.17, 15) is 14.4 Å². The highest BCUT2D eigenvalue weighted by atomic mass is 16.6. The van der Waals surface area contributed by atoms with Gasteiger partial charge in [0.2, 0.25) is 11.8 Å². The van der Waals surface area contributed by atoms with Gasteiger partial charge in [0.25, 0.3) is 5.91 Å². The minimum absolute atomic E-state index is 0.126. The first-order valence-corrected chi connectivity index (χ1v) is 10.1. The minimum atomic E-state index is -0.274. The van der Waals surface area contributed by atoms with Crippen LogP contribution in [0, 0.1) is 5.92 Å². The van der Waals surface area contributed by atoms with Crippen molar-refractivity contribution in [3.05, 3.63) is 53.6 Å². The summed E-state index contributed by atoms with van der Waals surface area (Å²) in [5.74, 6) is 0.743. The minimum Gasteiger partial charge on any atom is -0.486 e. The summed E-state index contributed by atoms with van der Waals surface area (Å²) in [5, 5.41) is 3.07. The Morgan fingerprint density at radius 3 is 2.37 bits per heavy atom. The number of hydrogen-bond acceptors (Lipinski definition) is 5. The van der Waals surface area contributed by atoms with Crippen molar-refractivity contribution in [2.45, 2.75) is 32.7 Å². The van der Waals surface area contributed by atoms with E-state index in [1.807, 2.05) is 32.0 Å². The van der Waals surface area contributed by atoms with Crippen LogP contribution in [0.5, 0.6) is 11.5 Å². The monoisotopic (exact) mass is 408 g/mol. The van der Waals surface area contributed by atoms with E-state index in [2.05, 4.69) is 5.32 Å². The Balaban J connectivity index is 1.56. The molecule has 156 valence electrons. The van der Waals surface area contributed by atoms with Crippen molar-refractivity contribution in [2.75, 3.05) is 18.1 Å². The number of nitrogens with zero attached hydrogens (tertiary/aromatic N) is 1. The summed E-state index contributed by atoms with van der Waals surface area (Å²) in [6.07, 6.45) is 0.406. The summed E-state index contributed by atoms with van der Waals surface area (Å²) in [4.78, 5) is 38.2. The van der Waals surface area contributed by atoms with Crippen molar-refractivity contribution in [1.82, 2.24) is 5.32 Å². The second-order valence-corrected chi connectivity index (χ2v) is 7.77. The molecule has 0 spiro atoms. The van der Waals surface area contributed by atoms with E-state index in [0.29, 0.717) is 36.0 Å². The molecular weight excluding hydrogens is 384 g/mol. The molecule has 0 saturated carbocycles. The summed E-state index contributed by atoms with van der Waals surface area (Å²) in [6, 6.07) is 12.0. The predicted molar refractivity (Wildman–Crippen MR) is 111 cm³/mol. The molecule has 3 amide bonds. The van der Waals surface area contributed by atoms with Gasteiger partial charge in [-0.15, -0.1) is 0 Å². The number of imide groups is 1. The third kappa shape index (κ3) is 3.87. The van der Waals surface area contributed by atoms with Crippen LogP contribution in [0.4, 0.5) is 5.69 Å². The second-order valence-electron chi connectivity index (χ2n) is 7.77. The van der Waals surface area contributed by atoms with E-state index in [1.165, 1.54) is 0 Å². The zero-order valence-electron chi connectivity index (χ0n) is 17.0. The summed E-state index contributed by atoms with van der Waals surface area (Å²) < 4.78 is 11.2. The van der Waals surface area contributed by atoms with Crippen LogP contribution in [0.2, 0.25) is 0 Å². The standard InChI is InChI=1S/C23H24N2O5/c1-14(2)22(15-6-7-18-19(13-15)30-11-10-29-18)24-23(28)16-4-3-5-17(12-16)25-20(26)8-9-21(25)27/h3-7,12-14,22H,8-11H2,1-2H3,(H,24,28)/t22-/m1/s1. The van der Waals surface area contributed by atoms with E-state index in [-0.39, 0.29) is 42.5 Å². The normalized spacial score (nSPS) is 16.7. The molecule has 2 aromatic carbocycles. The van der Waals surface area contributed by atoms with Gasteiger partial charge >= 0.3 is 0 Å². The molecule has 1 saturated heterocycles. The van der Waals surface area contributed by atoms with Crippen molar-refractivity contribution >= 4 is 23.4 Å². The van der Waals surface area contributed by atoms with Crippen molar-refractivity contribution in [1.29, 1.82) is 0 Å². The van der Waals surface area contributed by atoms with Crippen LogP contribution >= 0.6 is 0 Å². The molecule has 1 atom stereocenters. The number of amides is 3. The maximum Gasteiger partial charge on any atom is 0.251 e. The van der Waals surface area contributed by atoms with Gasteiger partial charge in [-0.05, 0) is 41.8 Å². The Morgan fingerprint density at radius 2 is 1.67 bits per heavy atom. The van der Waals surface area contributed by atoms with Crippen LogP contribution in [0.3, 0.4) is 0 Å². The average molecular weight is 408 g/mol. The number of anilines is 1. The zero-order valence-corrected chi connectivity index (χ0v) is 17.0. The van der Waals surface area contributed by atoms with E-state index in [0.717, 1.165) is 10.5 Å². The number of hydrogen-bond donors (Lipinski definition) is 1. The first-order valence-electron chi connectivity index (χ1n) is 10.1. The van der Waals surface area contributed by atoms with Gasteiger partial charge in [0.1, 0.15) is 13.2 Å². The molecule has 0 unspecified atom stereocenters. The van der Waals surface area contributed by atoms with Crippen LogP contribution in [-0.2, 0) is 9.59 Å². The number of nitrogens with one attached hydrogen (secondary N) is 1. The smallest absolute Gasteiger partial charge is 0.251 e. The van der Waals surface area contributed by atoms with Gasteiger partial charge in [0.15, 0.2) is 11.5 Å². The fraction of sp³-hybridized carbons (Fsp3) is 0.348. The topological polar surface area (TPSA) is 84.9 Å². The van der Waals surface area contributed by atoms with Crippen molar-refractivity contribution < 1.29 is 23.9 Å². The van der Waals surface area contributed by atoms with Gasteiger partial charge in [-0.1, -0.05) is 26.0 Å². The number of carbonyl (C=O) groups excluding carboxylic acids is 3. The lowest BCUT2D eigenvalue weighted by atomic mass is 9.95. The first-order chi connectivity index (χ1) is 14.4. The number of benzene rings is 2. The van der Waals surface area contributed by atoms with Gasteiger partial charge in [0, 0.05) is 18.4 Å². The third-order valence-electron chi connectivity index (χ3n) is 5.30. The van der Waals surface area contributed by atoms with Crippen molar-refractivity contribution in [2.24, 2.45) is 5.92 Å². The summed E-state index contributed by atoms with van der Waals surface area (Å²) in [7, 11) is 0. The van der Waals surface area contributed by atoms with E-state index in [4.69, 9.17) is 9.47 Å². The average Bonchev–Trinajstić information content (AvgIpc) is 3.09. The Morgan fingerprint density at radius 1 is 0.967 bits per heavy atom. The molecule has 2 heterocycles. The SMILES string of the molecule is CC(C)[C@@H](NC(=O)c1cccc(N2C(=O)CCC2=O)c1)c1ccc2c(c1)OCCO2. The number of carbonyl (C=O) groups is 3. The summed E-state index contributed by atoms with van der Waals surface area (Å²) in [5.41, 5.74) is 1.74. The van der Waals surface area contributed by atoms with Crippen LogP contribution in [0.15, 0.2) is 42.5 Å². The molecule has 0 radical (unpaired) electrons. The highest BCUT2D eigenvalue weighted by Gasteiger charge is 2.30. The van der Waals surface area contributed by atoms with Gasteiger partial charge in [-0.3, -0.25) is 19.3 Å². The van der Waals surface area contributed by atoms with Gasteiger partial charge in [-0.25, -0.2) is 0 Å². The number of fused-ring (bicyclic) bond motifs is 1. The van der Waals surface area contributed by atoms with Crippen molar-refractivity contribution in [3.63, 3.8) is 0 Å². The molecule has 4 rings (SSSR count). The molecule has 0 aliphatic carbocycles. The molecule has 2 aromatic rings. The molecule has 0 aromatic heterocycles. The number of ether oxygens (including phenoxy) is 2. The number of rotatable bonds is 5. The van der Waals surface area contributed by atoms with E-state index < -0.39 is 0 Å². The third-order valence-corrected chi connectivity index (χ3v) is 5.30. The van der Waals surface area contributed by atoms with Crippen molar-refractivity contribution in [3.8, 4) is 11.5 Å². The molecule has 7 nitrogen and oxygen atoms in total. The molecule has 0 bridgehead atoms. The maximum atomic E-state index is 13.0. The highest BCUT2D eigenvalue weighted by Crippen LogP contribution is 2.34. The molecule has 1 fully saturated rings. The quantitative estimate of drug-likeness (QED) is 0.768. The fourth-order valence-corrected chi connectivity index (χ4v) is 3.76. The van der Waals surface area contributed by atoms with E-state index in [1.54, 1.807) is 24.3 Å².